The van der Waals surface area contributed by atoms with Crippen molar-refractivity contribution in [3.05, 3.63) is 154 Å². The molecule has 4 heterocycles. The molecule has 0 radical (unpaired) electrons. The quantitative estimate of drug-likeness (QED) is 0.109. The minimum Gasteiger partial charge on any atom is -0.334 e. The Kier molecular flexibility index (Phi) is 11.4. The van der Waals surface area contributed by atoms with Gasteiger partial charge in [-0.05, 0) is 85.6 Å². The van der Waals surface area contributed by atoms with Crippen LogP contribution in [0.3, 0.4) is 0 Å². The Hall–Kier alpha value is -4.43. The lowest BCUT2D eigenvalue weighted by atomic mass is 10.1. The third kappa shape index (κ3) is 7.54. The zero-order valence-electron chi connectivity index (χ0n) is 28.9. The van der Waals surface area contributed by atoms with Gasteiger partial charge in [-0.2, -0.15) is 0 Å². The van der Waals surface area contributed by atoms with Gasteiger partial charge in [0.2, 0.25) is 0 Å². The maximum atomic E-state index is 6.35. The van der Waals surface area contributed by atoms with E-state index in [-0.39, 0.29) is 12.4 Å². The summed E-state index contributed by atoms with van der Waals surface area (Å²) in [5.74, 6) is 0. The zero-order chi connectivity index (χ0) is 34.6. The first-order chi connectivity index (χ1) is 25.1. The highest BCUT2D eigenvalue weighted by molar-refractivity contribution is 6.31. The van der Waals surface area contributed by atoms with Gasteiger partial charge in [0, 0.05) is 81.2 Å². The standard InChI is InChI=1S/C43H40Cl2N6.ClH/c44-32-12-8-10-30(24-32)28-50-40-16-4-2-14-34(40)36-18-22-48-38(42(36)50)26-46-20-6-1-7-21-47-27-39-43-37(19-23-49-39)35-15-3-5-17-41(35)51(43)29-31-11-9-13-33(45)25-31;/h2-5,8-19,22-25,46-47H,1,6-7,20-21,26-29H2;1H. The van der Waals surface area contributed by atoms with Gasteiger partial charge in [-0.1, -0.05) is 90.3 Å². The summed E-state index contributed by atoms with van der Waals surface area (Å²) in [5.41, 5.74) is 9.29. The Labute approximate surface area is 320 Å². The van der Waals surface area contributed by atoms with Gasteiger partial charge >= 0.3 is 0 Å². The first kappa shape index (κ1) is 36.0. The third-order valence-corrected chi connectivity index (χ3v) is 10.2. The van der Waals surface area contributed by atoms with Crippen LogP contribution in [0.15, 0.2) is 122 Å². The molecule has 0 bridgehead atoms. The third-order valence-electron chi connectivity index (χ3n) is 9.76. The molecule has 264 valence electrons. The topological polar surface area (TPSA) is 59.7 Å². The lowest BCUT2D eigenvalue weighted by Crippen LogP contribution is -2.18. The first-order valence-corrected chi connectivity index (χ1v) is 18.5. The van der Waals surface area contributed by atoms with Crippen LogP contribution in [-0.2, 0) is 26.2 Å². The molecule has 0 saturated heterocycles. The molecule has 4 aromatic heterocycles. The predicted octanol–water partition coefficient (Wildman–Crippen LogP) is 10.6. The summed E-state index contributed by atoms with van der Waals surface area (Å²) in [6.07, 6.45) is 7.22. The van der Waals surface area contributed by atoms with Crippen LogP contribution in [0.5, 0.6) is 0 Å². The van der Waals surface area contributed by atoms with Crippen molar-refractivity contribution in [2.45, 2.75) is 45.4 Å². The van der Waals surface area contributed by atoms with Gasteiger partial charge in [0.05, 0.1) is 22.4 Å². The maximum absolute atomic E-state index is 6.35. The number of para-hydroxylation sites is 2. The molecule has 0 unspecified atom stereocenters. The second-order valence-electron chi connectivity index (χ2n) is 13.2. The van der Waals surface area contributed by atoms with E-state index in [2.05, 4.69) is 92.6 Å². The van der Waals surface area contributed by atoms with Crippen LogP contribution in [0.2, 0.25) is 10.0 Å². The number of halogens is 3. The lowest BCUT2D eigenvalue weighted by molar-refractivity contribution is 0.567. The van der Waals surface area contributed by atoms with Crippen molar-refractivity contribution in [3.63, 3.8) is 0 Å². The highest BCUT2D eigenvalue weighted by Crippen LogP contribution is 2.33. The predicted molar refractivity (Wildman–Crippen MR) is 220 cm³/mol. The van der Waals surface area contributed by atoms with Gasteiger partial charge in [0.15, 0.2) is 0 Å². The highest BCUT2D eigenvalue weighted by atomic mass is 35.5. The smallest absolute Gasteiger partial charge is 0.0784 e. The first-order valence-electron chi connectivity index (χ1n) is 17.7. The zero-order valence-corrected chi connectivity index (χ0v) is 31.2. The molecule has 0 aliphatic rings. The summed E-state index contributed by atoms with van der Waals surface area (Å²) in [7, 11) is 0. The maximum Gasteiger partial charge on any atom is 0.0784 e. The number of fused-ring (bicyclic) bond motifs is 6. The van der Waals surface area contributed by atoms with E-state index < -0.39 is 0 Å². The van der Waals surface area contributed by atoms with E-state index in [9.17, 15) is 0 Å². The molecule has 0 fully saturated rings. The van der Waals surface area contributed by atoms with Crippen LogP contribution in [-0.4, -0.2) is 32.2 Å². The number of rotatable bonds is 14. The van der Waals surface area contributed by atoms with E-state index in [1.54, 1.807) is 0 Å². The van der Waals surface area contributed by atoms with Crippen LogP contribution in [0.25, 0.3) is 43.6 Å². The molecule has 9 heteroatoms. The fourth-order valence-electron chi connectivity index (χ4n) is 7.46. The van der Waals surface area contributed by atoms with Gasteiger partial charge in [0.1, 0.15) is 0 Å². The molecule has 0 aliphatic carbocycles. The van der Waals surface area contributed by atoms with E-state index >= 15 is 0 Å². The summed E-state index contributed by atoms with van der Waals surface area (Å²) in [5, 5.41) is 13.8. The van der Waals surface area contributed by atoms with E-state index in [4.69, 9.17) is 33.2 Å². The average molecular weight is 748 g/mol. The monoisotopic (exact) mass is 746 g/mol. The minimum absolute atomic E-state index is 0. The van der Waals surface area contributed by atoms with E-state index in [0.29, 0.717) is 0 Å². The number of hydrogen-bond acceptors (Lipinski definition) is 4. The molecule has 4 aromatic carbocycles. The van der Waals surface area contributed by atoms with E-state index in [1.807, 2.05) is 48.8 Å². The highest BCUT2D eigenvalue weighted by Gasteiger charge is 2.17. The number of nitrogens with one attached hydrogen (secondary N) is 2. The number of hydrogen-bond donors (Lipinski definition) is 2. The molecule has 2 N–H and O–H groups in total. The number of pyridine rings is 2. The Bertz CT molecular complexity index is 2300. The summed E-state index contributed by atoms with van der Waals surface area (Å²) < 4.78 is 4.77. The number of unbranched alkanes of at least 4 members (excludes halogenated alkanes) is 2. The van der Waals surface area contributed by atoms with Crippen molar-refractivity contribution in [2.75, 3.05) is 13.1 Å². The van der Waals surface area contributed by atoms with Crippen molar-refractivity contribution < 1.29 is 0 Å². The molecule has 6 nitrogen and oxygen atoms in total. The Morgan fingerprint density at radius 3 is 1.42 bits per heavy atom. The molecule has 0 amide bonds. The lowest BCUT2D eigenvalue weighted by Gasteiger charge is -2.12. The Morgan fingerprint density at radius 2 is 0.962 bits per heavy atom. The normalized spacial score (nSPS) is 11.6. The van der Waals surface area contributed by atoms with Crippen molar-refractivity contribution in [3.8, 4) is 0 Å². The van der Waals surface area contributed by atoms with E-state index in [1.165, 1.54) is 54.7 Å². The molecule has 0 saturated carbocycles. The largest absolute Gasteiger partial charge is 0.334 e. The van der Waals surface area contributed by atoms with Crippen molar-refractivity contribution >= 4 is 79.2 Å². The second-order valence-corrected chi connectivity index (χ2v) is 14.1. The fourth-order valence-corrected chi connectivity index (χ4v) is 7.89. The summed E-state index contributed by atoms with van der Waals surface area (Å²) in [6.45, 7) is 4.81. The molecule has 0 spiro atoms. The van der Waals surface area contributed by atoms with Crippen molar-refractivity contribution in [2.24, 2.45) is 0 Å². The second kappa shape index (κ2) is 16.5. The SMILES string of the molecule is Cl.Clc1cccc(Cn2c3ccccc3c3ccnc(CNCCCCCNCc4nccc5c6ccccc6n(Cc6cccc(Cl)c6)c45)c32)c1. The number of benzene rings is 4. The van der Waals surface area contributed by atoms with Crippen LogP contribution in [0.1, 0.15) is 41.8 Å². The Morgan fingerprint density at radius 1 is 0.500 bits per heavy atom. The van der Waals surface area contributed by atoms with Crippen LogP contribution >= 0.6 is 35.6 Å². The molecule has 52 heavy (non-hydrogen) atoms. The van der Waals surface area contributed by atoms with Gasteiger partial charge in [-0.25, -0.2) is 0 Å². The summed E-state index contributed by atoms with van der Waals surface area (Å²) in [4.78, 5) is 9.69. The molecule has 8 aromatic rings. The fraction of sp³-hybridized carbons (Fsp3) is 0.209. The molecule has 0 atom stereocenters. The molecular weight excluding hydrogens is 707 g/mol. The molecular formula is C43H41Cl3N6. The van der Waals surface area contributed by atoms with Crippen LogP contribution in [0, 0.1) is 0 Å². The molecule has 0 aliphatic heterocycles. The number of aromatic nitrogens is 4. The number of nitrogens with zero attached hydrogens (tertiary/aromatic N) is 4. The van der Waals surface area contributed by atoms with Crippen molar-refractivity contribution in [1.82, 2.24) is 29.7 Å². The van der Waals surface area contributed by atoms with Gasteiger partial charge < -0.3 is 19.8 Å². The Balaban J connectivity index is 0.00000420. The van der Waals surface area contributed by atoms with Gasteiger partial charge in [-0.15, -0.1) is 12.4 Å². The van der Waals surface area contributed by atoms with Crippen molar-refractivity contribution in [1.29, 1.82) is 0 Å². The van der Waals surface area contributed by atoms with Crippen LogP contribution in [0.4, 0.5) is 0 Å². The molecule has 8 rings (SSSR count). The van der Waals surface area contributed by atoms with E-state index in [0.717, 1.165) is 80.0 Å². The minimum atomic E-state index is 0. The van der Waals surface area contributed by atoms with Crippen LogP contribution < -0.4 is 10.6 Å². The summed E-state index contributed by atoms with van der Waals surface area (Å²) in [6, 6.07) is 37.7. The van der Waals surface area contributed by atoms with Gasteiger partial charge in [0.25, 0.3) is 0 Å². The van der Waals surface area contributed by atoms with Gasteiger partial charge in [-0.3, -0.25) is 9.97 Å². The summed E-state index contributed by atoms with van der Waals surface area (Å²) >= 11 is 12.7. The average Bonchev–Trinajstić information content (AvgIpc) is 3.64.